The van der Waals surface area contributed by atoms with Crippen LogP contribution in [0.4, 0.5) is 9.18 Å². The van der Waals surface area contributed by atoms with E-state index >= 15 is 0 Å². The summed E-state index contributed by atoms with van der Waals surface area (Å²) in [6.45, 7) is 15.6. The lowest BCUT2D eigenvalue weighted by atomic mass is 9.94. The smallest absolute Gasteiger partial charge is 0.410 e. The summed E-state index contributed by atoms with van der Waals surface area (Å²) in [7, 11) is 0. The van der Waals surface area contributed by atoms with Crippen LogP contribution in [0, 0.1) is 0 Å². The molecule has 206 valence electrons. The Kier molecular flexibility index (Phi) is 10.7. The molecule has 1 aliphatic rings. The molecule has 0 radical (unpaired) electrons. The van der Waals surface area contributed by atoms with E-state index in [9.17, 15) is 19.1 Å². The van der Waals surface area contributed by atoms with Gasteiger partial charge in [0.05, 0.1) is 6.61 Å². The second kappa shape index (κ2) is 13.1. The van der Waals surface area contributed by atoms with Gasteiger partial charge in [-0.05, 0) is 71.2 Å². The molecule has 1 aliphatic heterocycles. The van der Waals surface area contributed by atoms with Gasteiger partial charge in [0.15, 0.2) is 0 Å². The van der Waals surface area contributed by atoms with E-state index in [0.29, 0.717) is 50.2 Å². The molecule has 0 unspecified atom stereocenters. The lowest BCUT2D eigenvalue weighted by Gasteiger charge is -2.39. The monoisotopic (exact) mass is 517 g/mol. The van der Waals surface area contributed by atoms with E-state index in [4.69, 9.17) is 4.74 Å². The average molecular weight is 518 g/mol. The molecule has 0 spiro atoms. The summed E-state index contributed by atoms with van der Waals surface area (Å²) in [6, 6.07) is 7.20. The molecule has 37 heavy (non-hydrogen) atoms. The number of halogens is 1. The minimum Gasteiger partial charge on any atom is -0.444 e. The van der Waals surface area contributed by atoms with Crippen LogP contribution < -0.4 is 0 Å². The largest absolute Gasteiger partial charge is 0.444 e. The number of alkyl halides is 1. The maximum Gasteiger partial charge on any atom is 0.410 e. The number of carbonyl (C=O) groups is 2. The predicted octanol–water partition coefficient (Wildman–Crippen LogP) is 5.35. The summed E-state index contributed by atoms with van der Waals surface area (Å²) in [6.07, 6.45) is 4.85. The molecule has 1 heterocycles. The summed E-state index contributed by atoms with van der Waals surface area (Å²) in [5.74, 6) is -0.122. The second-order valence-electron chi connectivity index (χ2n) is 10.9. The Labute approximate surface area is 221 Å². The Morgan fingerprint density at radius 3 is 2.32 bits per heavy atom. The maximum atomic E-state index is 14.9. The highest BCUT2D eigenvalue weighted by atomic mass is 19.1. The van der Waals surface area contributed by atoms with Crippen LogP contribution in [-0.4, -0.2) is 69.7 Å². The molecule has 8 heteroatoms. The summed E-state index contributed by atoms with van der Waals surface area (Å²) >= 11 is 0. The number of carbonyl (C=O) groups excluding carboxylic acids is 2. The summed E-state index contributed by atoms with van der Waals surface area (Å²) in [4.78, 5) is 31.5. The topological polar surface area (TPSA) is 73.3 Å². The van der Waals surface area contributed by atoms with Crippen LogP contribution in [0.5, 0.6) is 0 Å². The number of nitrogens with zero attached hydrogens (tertiary/aromatic N) is 3. The predicted molar refractivity (Wildman–Crippen MR) is 144 cm³/mol. The van der Waals surface area contributed by atoms with Crippen LogP contribution in [0.2, 0.25) is 0 Å². The number of aliphatic hydroxyl groups excluding tert-OH is 1. The van der Waals surface area contributed by atoms with E-state index in [1.165, 1.54) is 13.8 Å². The van der Waals surface area contributed by atoms with Crippen molar-refractivity contribution in [3.63, 3.8) is 0 Å². The van der Waals surface area contributed by atoms with Crippen LogP contribution in [0.1, 0.15) is 71.9 Å². The van der Waals surface area contributed by atoms with Crippen LogP contribution >= 0.6 is 0 Å². The van der Waals surface area contributed by atoms with E-state index in [1.54, 1.807) is 27.0 Å². The van der Waals surface area contributed by atoms with Gasteiger partial charge in [-0.15, -0.1) is 0 Å². The van der Waals surface area contributed by atoms with Crippen molar-refractivity contribution >= 4 is 12.0 Å². The van der Waals surface area contributed by atoms with Crippen molar-refractivity contribution in [3.8, 4) is 0 Å². The van der Waals surface area contributed by atoms with Crippen LogP contribution in [-0.2, 0) is 21.7 Å². The van der Waals surface area contributed by atoms with E-state index < -0.39 is 17.4 Å². The normalized spacial score (nSPS) is 15.4. The van der Waals surface area contributed by atoms with Crippen molar-refractivity contribution in [2.24, 2.45) is 0 Å². The Morgan fingerprint density at radius 2 is 1.81 bits per heavy atom. The van der Waals surface area contributed by atoms with Crippen LogP contribution in [0.15, 0.2) is 48.8 Å². The molecule has 0 saturated carbocycles. The van der Waals surface area contributed by atoms with Gasteiger partial charge >= 0.3 is 6.09 Å². The SMILES string of the molecule is C=CN(Cc1ccccc1C(C)(C)F)/C(=C\CC)C(=O)N1CCC(N(CCO)C(=O)OC(C)(C)C)CC1. The van der Waals surface area contributed by atoms with Gasteiger partial charge in [0.1, 0.15) is 17.0 Å². The van der Waals surface area contributed by atoms with Crippen molar-refractivity contribution in [1.29, 1.82) is 0 Å². The Balaban J connectivity index is 2.16. The molecule has 7 nitrogen and oxygen atoms in total. The first-order chi connectivity index (χ1) is 17.3. The first kappa shape index (κ1) is 30.4. The first-order valence-corrected chi connectivity index (χ1v) is 13.1. The Morgan fingerprint density at radius 1 is 1.19 bits per heavy atom. The highest BCUT2D eigenvalue weighted by Crippen LogP contribution is 2.30. The number of benzene rings is 1. The lowest BCUT2D eigenvalue weighted by molar-refractivity contribution is -0.130. The van der Waals surface area contributed by atoms with Gasteiger partial charge in [-0.25, -0.2) is 9.18 Å². The zero-order chi connectivity index (χ0) is 27.8. The van der Waals surface area contributed by atoms with Crippen molar-refractivity contribution < 1.29 is 23.8 Å². The van der Waals surface area contributed by atoms with Crippen molar-refractivity contribution in [1.82, 2.24) is 14.7 Å². The number of likely N-dealkylation sites (tertiary alicyclic amines) is 1. The molecule has 1 aromatic rings. The molecule has 2 amide bonds. The third-order valence-corrected chi connectivity index (χ3v) is 6.31. The van der Waals surface area contributed by atoms with Crippen LogP contribution in [0.3, 0.4) is 0 Å². The quantitative estimate of drug-likeness (QED) is 0.424. The zero-order valence-electron chi connectivity index (χ0n) is 23.3. The van der Waals surface area contributed by atoms with Gasteiger partial charge in [-0.2, -0.15) is 0 Å². The highest BCUT2D eigenvalue weighted by Gasteiger charge is 2.33. The number of ether oxygens (including phenoxy) is 1. The maximum absolute atomic E-state index is 14.9. The van der Waals surface area contributed by atoms with Crippen molar-refractivity contribution in [2.45, 2.75) is 84.7 Å². The molecule has 1 fully saturated rings. The highest BCUT2D eigenvalue weighted by molar-refractivity contribution is 5.93. The van der Waals surface area contributed by atoms with E-state index in [2.05, 4.69) is 6.58 Å². The van der Waals surface area contributed by atoms with Gasteiger partial charge in [-0.1, -0.05) is 43.8 Å². The number of aliphatic hydroxyl groups is 1. The number of hydrogen-bond donors (Lipinski definition) is 1. The van der Waals surface area contributed by atoms with E-state index in [1.807, 2.05) is 52.0 Å². The van der Waals surface area contributed by atoms with Gasteiger partial charge < -0.3 is 24.5 Å². The molecule has 0 aliphatic carbocycles. The fourth-order valence-corrected chi connectivity index (χ4v) is 4.58. The van der Waals surface area contributed by atoms with Crippen LogP contribution in [0.25, 0.3) is 0 Å². The summed E-state index contributed by atoms with van der Waals surface area (Å²) in [5.41, 5.74) is -0.275. The molecule has 0 aromatic heterocycles. The minimum absolute atomic E-state index is 0.122. The molecular formula is C29H44FN3O4. The van der Waals surface area contributed by atoms with Crippen molar-refractivity contribution in [2.75, 3.05) is 26.2 Å². The van der Waals surface area contributed by atoms with E-state index in [0.717, 1.165) is 5.56 Å². The third-order valence-electron chi connectivity index (χ3n) is 6.31. The molecule has 1 saturated heterocycles. The molecule has 1 N–H and O–H groups in total. The van der Waals surface area contributed by atoms with Gasteiger partial charge in [0.25, 0.3) is 5.91 Å². The number of hydrogen-bond acceptors (Lipinski definition) is 5. The van der Waals surface area contributed by atoms with Gasteiger partial charge in [-0.3, -0.25) is 4.79 Å². The number of amides is 2. The Hall–Kier alpha value is -2.87. The fourth-order valence-electron chi connectivity index (χ4n) is 4.58. The van der Waals surface area contributed by atoms with Gasteiger partial charge in [0, 0.05) is 32.2 Å². The van der Waals surface area contributed by atoms with E-state index in [-0.39, 0.29) is 25.1 Å². The average Bonchev–Trinajstić information content (AvgIpc) is 2.83. The Bertz CT molecular complexity index is 957. The fraction of sp³-hybridized carbons (Fsp3) is 0.586. The lowest BCUT2D eigenvalue weighted by Crippen LogP contribution is -2.51. The molecule has 2 rings (SSSR count). The number of rotatable bonds is 10. The van der Waals surface area contributed by atoms with Gasteiger partial charge in [0.2, 0.25) is 0 Å². The minimum atomic E-state index is -1.52. The number of piperidine rings is 1. The standard InChI is InChI=1S/C29H44FN3O4/c1-8-12-25(31(9-2)21-22-13-10-11-14-24(22)29(6,7)30)26(35)32-17-15-23(16-18-32)33(19-20-34)27(36)37-28(3,4)5/h9-14,23,34H,2,8,15-21H2,1,3-7H3/b25-12-. The zero-order valence-corrected chi connectivity index (χ0v) is 23.3. The summed E-state index contributed by atoms with van der Waals surface area (Å²) < 4.78 is 20.4. The molecular weight excluding hydrogens is 473 g/mol. The summed E-state index contributed by atoms with van der Waals surface area (Å²) in [5, 5.41) is 9.51. The second-order valence-corrected chi connectivity index (χ2v) is 10.9. The molecule has 0 atom stereocenters. The van der Waals surface area contributed by atoms with Crippen molar-refractivity contribution in [3.05, 3.63) is 59.9 Å². The molecule has 0 bridgehead atoms. The third kappa shape index (κ3) is 8.59. The molecule has 1 aromatic carbocycles. The number of allylic oxidation sites excluding steroid dienone is 1. The first-order valence-electron chi connectivity index (χ1n) is 13.1.